The quantitative estimate of drug-likeness (QED) is 0.826. The Morgan fingerprint density at radius 3 is 2.80 bits per heavy atom. The van der Waals surface area contributed by atoms with Crippen molar-refractivity contribution < 1.29 is 4.79 Å². The van der Waals surface area contributed by atoms with Gasteiger partial charge in [0.05, 0.1) is 5.56 Å². The fraction of sp³-hybridized carbons (Fsp3) is 0.533. The molecule has 1 amide bonds. The molecule has 1 N–H and O–H groups in total. The molecular formula is C15H23ClN2OS. The Hall–Kier alpha value is -0.870. The van der Waals surface area contributed by atoms with E-state index in [-0.39, 0.29) is 11.9 Å². The third-order valence-electron chi connectivity index (χ3n) is 3.30. The van der Waals surface area contributed by atoms with Crippen LogP contribution < -0.4 is 5.32 Å². The van der Waals surface area contributed by atoms with E-state index >= 15 is 0 Å². The second kappa shape index (κ2) is 8.42. The predicted octanol–water partition coefficient (Wildman–Crippen LogP) is 3.99. The highest BCUT2D eigenvalue weighted by Crippen LogP contribution is 2.23. The van der Waals surface area contributed by atoms with Crippen LogP contribution in [0.4, 0.5) is 5.69 Å². The number of hydrogen-bond donors (Lipinski definition) is 1. The highest BCUT2D eigenvalue weighted by Gasteiger charge is 2.20. The molecule has 1 atom stereocenters. The molecule has 1 rings (SSSR count). The summed E-state index contributed by atoms with van der Waals surface area (Å²) in [5.74, 6) is 1.06. The molecule has 0 saturated carbocycles. The molecule has 0 fully saturated rings. The summed E-state index contributed by atoms with van der Waals surface area (Å²) in [7, 11) is 1.85. The number of carbonyl (C=O) groups excluding carboxylic acids is 1. The smallest absolute Gasteiger partial charge is 0.255 e. The number of anilines is 1. The first-order valence-corrected chi connectivity index (χ1v) is 8.58. The van der Waals surface area contributed by atoms with Crippen molar-refractivity contribution in [1.82, 2.24) is 4.90 Å². The van der Waals surface area contributed by atoms with Crippen molar-refractivity contribution in [3.63, 3.8) is 0 Å². The molecule has 0 spiro atoms. The zero-order chi connectivity index (χ0) is 15.1. The second-order valence-corrected chi connectivity index (χ2v) is 6.19. The summed E-state index contributed by atoms with van der Waals surface area (Å²) in [5.41, 5.74) is 1.48. The third-order valence-corrected chi connectivity index (χ3v) is 4.18. The molecule has 1 unspecified atom stereocenters. The molecule has 1 aromatic rings. The minimum Gasteiger partial charge on any atom is -0.385 e. The van der Waals surface area contributed by atoms with E-state index in [1.807, 2.05) is 20.0 Å². The van der Waals surface area contributed by atoms with Gasteiger partial charge in [0.25, 0.3) is 5.91 Å². The molecule has 0 bridgehead atoms. The first-order chi connectivity index (χ1) is 9.51. The van der Waals surface area contributed by atoms with Crippen LogP contribution in [-0.4, -0.2) is 42.4 Å². The van der Waals surface area contributed by atoms with Crippen LogP contribution in [0.2, 0.25) is 5.02 Å². The summed E-state index contributed by atoms with van der Waals surface area (Å²) in [6, 6.07) is 5.61. The van der Waals surface area contributed by atoms with Gasteiger partial charge in [0.15, 0.2) is 0 Å². The van der Waals surface area contributed by atoms with Gasteiger partial charge >= 0.3 is 0 Å². The number of halogens is 1. The maximum Gasteiger partial charge on any atom is 0.255 e. The number of nitrogens with zero attached hydrogens (tertiary/aromatic N) is 1. The lowest BCUT2D eigenvalue weighted by Crippen LogP contribution is -2.35. The maximum absolute atomic E-state index is 12.6. The van der Waals surface area contributed by atoms with Crippen molar-refractivity contribution in [3.05, 3.63) is 28.8 Å². The van der Waals surface area contributed by atoms with Gasteiger partial charge in [0.1, 0.15) is 0 Å². The Labute approximate surface area is 131 Å². The standard InChI is InChI=1S/C15H23ClN2OS/c1-5-17-14-7-6-12(16)10-13(14)15(19)18(3)11(2)8-9-20-4/h6-7,10-11,17H,5,8-9H2,1-4H3. The zero-order valence-electron chi connectivity index (χ0n) is 12.6. The van der Waals surface area contributed by atoms with E-state index in [1.54, 1.807) is 28.8 Å². The lowest BCUT2D eigenvalue weighted by Gasteiger charge is -2.26. The fourth-order valence-corrected chi connectivity index (χ4v) is 2.66. The lowest BCUT2D eigenvalue weighted by atomic mass is 10.1. The molecule has 0 radical (unpaired) electrons. The van der Waals surface area contributed by atoms with Gasteiger partial charge in [-0.05, 0) is 50.5 Å². The van der Waals surface area contributed by atoms with Crippen LogP contribution in [0.5, 0.6) is 0 Å². The van der Waals surface area contributed by atoms with Gasteiger partial charge in [-0.15, -0.1) is 0 Å². The molecule has 0 aliphatic rings. The molecule has 1 aromatic carbocycles. The number of rotatable bonds is 7. The summed E-state index contributed by atoms with van der Waals surface area (Å²) in [6.07, 6.45) is 3.06. The normalized spacial score (nSPS) is 12.1. The summed E-state index contributed by atoms with van der Waals surface area (Å²) < 4.78 is 0. The number of thioether (sulfide) groups is 1. The lowest BCUT2D eigenvalue weighted by molar-refractivity contribution is 0.0742. The van der Waals surface area contributed by atoms with E-state index in [0.29, 0.717) is 10.6 Å². The number of nitrogens with one attached hydrogen (secondary N) is 1. The Morgan fingerprint density at radius 2 is 2.20 bits per heavy atom. The number of carbonyl (C=O) groups is 1. The van der Waals surface area contributed by atoms with Crippen LogP contribution in [0.15, 0.2) is 18.2 Å². The van der Waals surface area contributed by atoms with Crippen LogP contribution in [0, 0.1) is 0 Å². The first kappa shape index (κ1) is 17.2. The zero-order valence-corrected chi connectivity index (χ0v) is 14.1. The molecule has 20 heavy (non-hydrogen) atoms. The molecule has 0 aromatic heterocycles. The Morgan fingerprint density at radius 1 is 1.50 bits per heavy atom. The van der Waals surface area contributed by atoms with Gasteiger partial charge in [-0.3, -0.25) is 4.79 Å². The van der Waals surface area contributed by atoms with Crippen molar-refractivity contribution in [1.29, 1.82) is 0 Å². The van der Waals surface area contributed by atoms with Crippen molar-refractivity contribution in [2.45, 2.75) is 26.3 Å². The van der Waals surface area contributed by atoms with E-state index in [2.05, 4.69) is 18.5 Å². The van der Waals surface area contributed by atoms with Gasteiger partial charge in [-0.25, -0.2) is 0 Å². The van der Waals surface area contributed by atoms with E-state index < -0.39 is 0 Å². The first-order valence-electron chi connectivity index (χ1n) is 6.80. The topological polar surface area (TPSA) is 32.3 Å². The summed E-state index contributed by atoms with van der Waals surface area (Å²) in [4.78, 5) is 14.4. The molecule has 0 saturated heterocycles. The van der Waals surface area contributed by atoms with Gasteiger partial charge in [-0.1, -0.05) is 11.6 Å². The Bertz CT molecular complexity index is 453. The molecule has 5 heteroatoms. The van der Waals surface area contributed by atoms with Crippen molar-refractivity contribution in [2.24, 2.45) is 0 Å². The average Bonchev–Trinajstić information content (AvgIpc) is 2.45. The summed E-state index contributed by atoms with van der Waals surface area (Å²) in [5, 5.41) is 3.79. The van der Waals surface area contributed by atoms with Crippen LogP contribution in [-0.2, 0) is 0 Å². The number of benzene rings is 1. The van der Waals surface area contributed by atoms with E-state index in [9.17, 15) is 4.79 Å². The molecular weight excluding hydrogens is 292 g/mol. The van der Waals surface area contributed by atoms with Crippen molar-refractivity contribution in [2.75, 3.05) is 30.9 Å². The molecule has 3 nitrogen and oxygen atoms in total. The van der Waals surface area contributed by atoms with Crippen LogP contribution in [0.3, 0.4) is 0 Å². The van der Waals surface area contributed by atoms with E-state index in [1.165, 1.54) is 0 Å². The maximum atomic E-state index is 12.6. The molecule has 0 aliphatic heterocycles. The minimum atomic E-state index is 0.0112. The average molecular weight is 315 g/mol. The highest BCUT2D eigenvalue weighted by atomic mass is 35.5. The summed E-state index contributed by atoms with van der Waals surface area (Å²) >= 11 is 7.82. The van der Waals surface area contributed by atoms with Crippen LogP contribution >= 0.6 is 23.4 Å². The monoisotopic (exact) mass is 314 g/mol. The number of hydrogen-bond acceptors (Lipinski definition) is 3. The Balaban J connectivity index is 2.92. The van der Waals surface area contributed by atoms with Crippen LogP contribution in [0.1, 0.15) is 30.6 Å². The summed E-state index contributed by atoms with van der Waals surface area (Å²) in [6.45, 7) is 4.85. The second-order valence-electron chi connectivity index (χ2n) is 4.77. The largest absolute Gasteiger partial charge is 0.385 e. The van der Waals surface area contributed by atoms with Gasteiger partial charge < -0.3 is 10.2 Å². The SMILES string of the molecule is CCNc1ccc(Cl)cc1C(=O)N(C)C(C)CCSC. The van der Waals surface area contributed by atoms with Crippen molar-refractivity contribution in [3.8, 4) is 0 Å². The van der Waals surface area contributed by atoms with Crippen LogP contribution in [0.25, 0.3) is 0 Å². The van der Waals surface area contributed by atoms with E-state index in [4.69, 9.17) is 11.6 Å². The number of amides is 1. The minimum absolute atomic E-state index is 0.0112. The third kappa shape index (κ3) is 4.60. The van der Waals surface area contributed by atoms with Gasteiger partial charge in [-0.2, -0.15) is 11.8 Å². The fourth-order valence-electron chi connectivity index (χ4n) is 1.91. The molecule has 0 aliphatic carbocycles. The Kier molecular flexibility index (Phi) is 7.24. The molecule has 112 valence electrons. The van der Waals surface area contributed by atoms with E-state index in [0.717, 1.165) is 24.4 Å². The highest BCUT2D eigenvalue weighted by molar-refractivity contribution is 7.98. The van der Waals surface area contributed by atoms with Gasteiger partial charge in [0, 0.05) is 30.3 Å². The predicted molar refractivity (Wildman–Crippen MR) is 90.2 cm³/mol. The van der Waals surface area contributed by atoms with Gasteiger partial charge in [0.2, 0.25) is 0 Å². The molecule has 0 heterocycles. The van der Waals surface area contributed by atoms with Crippen molar-refractivity contribution >= 4 is 35.0 Å².